The highest BCUT2D eigenvalue weighted by Gasteiger charge is 2.14. The van der Waals surface area contributed by atoms with Crippen LogP contribution < -0.4 is 5.56 Å². The highest BCUT2D eigenvalue weighted by molar-refractivity contribution is 9.11. The van der Waals surface area contributed by atoms with Gasteiger partial charge < -0.3 is 9.88 Å². The van der Waals surface area contributed by atoms with Gasteiger partial charge in [-0.2, -0.15) is 0 Å². The lowest BCUT2D eigenvalue weighted by atomic mass is 10.4. The van der Waals surface area contributed by atoms with Gasteiger partial charge in [0.1, 0.15) is 0 Å². The lowest BCUT2D eigenvalue weighted by Gasteiger charge is -2.20. The molecular weight excluding hydrogens is 386 g/mol. The van der Waals surface area contributed by atoms with Crippen LogP contribution in [0.1, 0.15) is 4.88 Å². The average molecular weight is 400 g/mol. The van der Waals surface area contributed by atoms with Crippen molar-refractivity contribution in [2.75, 3.05) is 12.3 Å². The topological polar surface area (TPSA) is 66.1 Å². The summed E-state index contributed by atoms with van der Waals surface area (Å²) in [4.78, 5) is 32.9. The number of amides is 1. The number of carbonyl (C=O) groups excluding carboxylic acids is 1. The SMILES string of the molecule is C=CCN(Cc1ccc(Br)s1)C(=O)CSc1nccc(=O)[nH]1. The number of nitrogens with zero attached hydrogens (tertiary/aromatic N) is 2. The fourth-order valence-corrected chi connectivity index (χ4v) is 3.93. The molecule has 2 aromatic rings. The van der Waals surface area contributed by atoms with Gasteiger partial charge in [-0.1, -0.05) is 17.8 Å². The van der Waals surface area contributed by atoms with Crippen molar-refractivity contribution < 1.29 is 4.79 Å². The summed E-state index contributed by atoms with van der Waals surface area (Å²) >= 11 is 6.23. The summed E-state index contributed by atoms with van der Waals surface area (Å²) in [6, 6.07) is 5.29. The van der Waals surface area contributed by atoms with Gasteiger partial charge in [0.05, 0.1) is 16.1 Å². The van der Waals surface area contributed by atoms with E-state index in [4.69, 9.17) is 0 Å². The van der Waals surface area contributed by atoms with E-state index in [0.29, 0.717) is 18.2 Å². The second-order valence-corrected chi connectivity index (χ2v) is 7.81. The van der Waals surface area contributed by atoms with Crippen LogP contribution in [-0.4, -0.2) is 33.1 Å². The molecule has 0 unspecified atom stereocenters. The Hall–Kier alpha value is -1.38. The van der Waals surface area contributed by atoms with Crippen LogP contribution in [0, 0.1) is 0 Å². The van der Waals surface area contributed by atoms with Gasteiger partial charge in [-0.3, -0.25) is 9.59 Å². The van der Waals surface area contributed by atoms with Crippen LogP contribution in [0.5, 0.6) is 0 Å². The Labute approximate surface area is 144 Å². The van der Waals surface area contributed by atoms with E-state index in [1.807, 2.05) is 12.1 Å². The van der Waals surface area contributed by atoms with Crippen LogP contribution >= 0.6 is 39.0 Å². The Balaban J connectivity index is 1.97. The number of carbonyl (C=O) groups is 1. The molecule has 22 heavy (non-hydrogen) atoms. The summed E-state index contributed by atoms with van der Waals surface area (Å²) in [6.07, 6.45) is 3.13. The minimum absolute atomic E-state index is 0.0269. The molecule has 0 radical (unpaired) electrons. The first-order chi connectivity index (χ1) is 10.6. The molecule has 0 aliphatic rings. The molecule has 5 nitrogen and oxygen atoms in total. The number of nitrogens with one attached hydrogen (secondary N) is 1. The summed E-state index contributed by atoms with van der Waals surface area (Å²) in [5.74, 6) is 0.189. The Kier molecular flexibility index (Phi) is 6.41. The van der Waals surface area contributed by atoms with Crippen LogP contribution in [0.3, 0.4) is 0 Å². The summed E-state index contributed by atoms with van der Waals surface area (Å²) in [5.41, 5.74) is -0.226. The van der Waals surface area contributed by atoms with Gasteiger partial charge in [-0.05, 0) is 28.1 Å². The van der Waals surface area contributed by atoms with E-state index in [2.05, 4.69) is 32.5 Å². The molecule has 0 saturated heterocycles. The summed E-state index contributed by atoms with van der Waals surface area (Å²) < 4.78 is 1.04. The van der Waals surface area contributed by atoms with Crippen molar-refractivity contribution in [3.05, 3.63) is 56.1 Å². The number of halogens is 1. The average Bonchev–Trinajstić information content (AvgIpc) is 2.90. The number of thiophene rings is 1. The maximum absolute atomic E-state index is 12.3. The fourth-order valence-electron chi connectivity index (χ4n) is 1.68. The third-order valence-electron chi connectivity index (χ3n) is 2.66. The number of aromatic nitrogens is 2. The number of hydrogen-bond acceptors (Lipinski definition) is 5. The molecule has 0 atom stereocenters. The highest BCUT2D eigenvalue weighted by atomic mass is 79.9. The van der Waals surface area contributed by atoms with E-state index in [9.17, 15) is 9.59 Å². The third-order valence-corrected chi connectivity index (χ3v) is 5.14. The summed E-state index contributed by atoms with van der Waals surface area (Å²) in [5, 5.41) is 0.443. The smallest absolute Gasteiger partial charge is 0.251 e. The summed E-state index contributed by atoms with van der Waals surface area (Å²) in [7, 11) is 0. The number of aromatic amines is 1. The molecule has 1 amide bonds. The standard InChI is InChI=1S/C14H14BrN3O2S2/c1-2-7-18(8-10-3-4-11(15)22-10)13(20)9-21-14-16-6-5-12(19)17-14/h2-6H,1,7-9H2,(H,16,17,19). The summed E-state index contributed by atoms with van der Waals surface area (Å²) in [6.45, 7) is 4.72. The van der Waals surface area contributed by atoms with Crippen molar-refractivity contribution in [2.24, 2.45) is 0 Å². The minimum atomic E-state index is -0.226. The molecule has 0 bridgehead atoms. The predicted molar refractivity (Wildman–Crippen MR) is 93.2 cm³/mol. The molecule has 116 valence electrons. The maximum Gasteiger partial charge on any atom is 0.251 e. The van der Waals surface area contributed by atoms with Gasteiger partial charge in [0.2, 0.25) is 5.91 Å². The number of rotatable bonds is 7. The first kappa shape index (κ1) is 17.0. The molecular formula is C14H14BrN3O2S2. The largest absolute Gasteiger partial charge is 0.333 e. The Morgan fingerprint density at radius 3 is 2.95 bits per heavy atom. The van der Waals surface area contributed by atoms with E-state index < -0.39 is 0 Å². The van der Waals surface area contributed by atoms with Crippen LogP contribution in [0.25, 0.3) is 0 Å². The van der Waals surface area contributed by atoms with Gasteiger partial charge >= 0.3 is 0 Å². The van der Waals surface area contributed by atoms with E-state index >= 15 is 0 Å². The zero-order valence-corrected chi connectivity index (χ0v) is 14.8. The fraction of sp³-hybridized carbons (Fsp3) is 0.214. The lowest BCUT2D eigenvalue weighted by Crippen LogP contribution is -2.31. The van der Waals surface area contributed by atoms with Crippen LogP contribution in [0.15, 0.2) is 50.8 Å². The monoisotopic (exact) mass is 399 g/mol. The normalized spacial score (nSPS) is 10.4. The Morgan fingerprint density at radius 1 is 1.50 bits per heavy atom. The number of thioether (sulfide) groups is 1. The first-order valence-electron chi connectivity index (χ1n) is 6.39. The van der Waals surface area contributed by atoms with Crippen molar-refractivity contribution in [1.29, 1.82) is 0 Å². The third kappa shape index (κ3) is 5.11. The van der Waals surface area contributed by atoms with Gasteiger partial charge in [0, 0.05) is 23.7 Å². The molecule has 0 spiro atoms. The molecule has 2 aromatic heterocycles. The van der Waals surface area contributed by atoms with E-state index in [-0.39, 0.29) is 17.2 Å². The van der Waals surface area contributed by atoms with E-state index in [1.165, 1.54) is 24.0 Å². The molecule has 8 heteroatoms. The lowest BCUT2D eigenvalue weighted by molar-refractivity contribution is -0.128. The second kappa shape index (κ2) is 8.30. The van der Waals surface area contributed by atoms with Crippen molar-refractivity contribution >= 4 is 44.9 Å². The molecule has 0 aliphatic heterocycles. The quantitative estimate of drug-likeness (QED) is 0.441. The van der Waals surface area contributed by atoms with Crippen LogP contribution in [-0.2, 0) is 11.3 Å². The van der Waals surface area contributed by atoms with Gasteiger partial charge in [-0.15, -0.1) is 17.9 Å². The molecule has 2 rings (SSSR count). The van der Waals surface area contributed by atoms with Gasteiger partial charge in [0.15, 0.2) is 5.16 Å². The van der Waals surface area contributed by atoms with Crippen LogP contribution in [0.4, 0.5) is 0 Å². The first-order valence-corrected chi connectivity index (χ1v) is 8.99. The van der Waals surface area contributed by atoms with Crippen molar-refractivity contribution in [3.8, 4) is 0 Å². The second-order valence-electron chi connectivity index (χ2n) is 4.30. The Bertz CT molecular complexity index is 714. The molecule has 1 N–H and O–H groups in total. The Morgan fingerprint density at radius 2 is 2.32 bits per heavy atom. The van der Waals surface area contributed by atoms with E-state index in [0.717, 1.165) is 8.66 Å². The zero-order chi connectivity index (χ0) is 15.9. The number of hydrogen-bond donors (Lipinski definition) is 1. The van der Waals surface area contributed by atoms with Crippen molar-refractivity contribution in [1.82, 2.24) is 14.9 Å². The van der Waals surface area contributed by atoms with Crippen molar-refractivity contribution in [3.63, 3.8) is 0 Å². The van der Waals surface area contributed by atoms with Gasteiger partial charge in [-0.25, -0.2) is 4.98 Å². The van der Waals surface area contributed by atoms with Crippen molar-refractivity contribution in [2.45, 2.75) is 11.7 Å². The van der Waals surface area contributed by atoms with E-state index in [1.54, 1.807) is 22.3 Å². The molecule has 0 aromatic carbocycles. The highest BCUT2D eigenvalue weighted by Crippen LogP contribution is 2.23. The molecule has 0 aliphatic carbocycles. The zero-order valence-electron chi connectivity index (χ0n) is 11.6. The molecule has 0 saturated carbocycles. The molecule has 0 fully saturated rings. The predicted octanol–water partition coefficient (Wildman–Crippen LogP) is 2.90. The number of H-pyrrole nitrogens is 1. The minimum Gasteiger partial charge on any atom is -0.333 e. The maximum atomic E-state index is 12.3. The molecule has 2 heterocycles. The van der Waals surface area contributed by atoms with Gasteiger partial charge in [0.25, 0.3) is 5.56 Å². The van der Waals surface area contributed by atoms with Crippen LogP contribution in [0.2, 0.25) is 0 Å².